The van der Waals surface area contributed by atoms with Crippen LogP contribution in [0.2, 0.25) is 0 Å². The number of hydrogen-bond donors (Lipinski definition) is 13. The van der Waals surface area contributed by atoms with Crippen molar-refractivity contribution in [1.82, 2.24) is 61.8 Å². The molecule has 0 spiro atoms. The van der Waals surface area contributed by atoms with Crippen molar-refractivity contribution < 1.29 is 61.3 Å². The Morgan fingerprint density at radius 2 is 1.56 bits per heavy atom. The number of aryl methyl sites for hydroxylation is 1. The van der Waals surface area contributed by atoms with E-state index in [9.17, 15) is 48.9 Å². The van der Waals surface area contributed by atoms with E-state index in [1.165, 1.54) is 69.1 Å². The molecule has 4 rings (SSSR count). The number of aromatic amines is 1. The topological polar surface area (TPSA) is 411 Å². The first-order chi connectivity index (χ1) is 33.1. The molecule has 0 aliphatic heterocycles. The second kappa shape index (κ2) is 28.4. The zero-order valence-corrected chi connectivity index (χ0v) is 43.0. The Bertz CT molecular complexity index is 2430. The maximum Gasteiger partial charge on any atom is 0.271 e. The molecule has 0 aliphatic rings. The fourth-order valence-corrected chi connectivity index (χ4v) is 8.88. The SMILES string of the molecule is Cc1cnc([C@@H](CC(N)=O)NC[C@H](N)C(N)=O)nc1C(=O)N[C@H](C(=O)N[C@H](C)[C@@H](O)[C@H](C)C(=O)N[C@H](C(=O)NCCc1nc(-c2nc(C(=O)NCCC[S+](C)C)cs2)cs1)[C@@H](C)O)[C@@H](O)c1cnc[nH]1.[Cl-]. The van der Waals surface area contributed by atoms with Gasteiger partial charge in [0.1, 0.15) is 51.9 Å². The van der Waals surface area contributed by atoms with Gasteiger partial charge in [0, 0.05) is 55.9 Å². The minimum absolute atomic E-state index is 0. The van der Waals surface area contributed by atoms with Gasteiger partial charge in [-0.2, -0.15) is 0 Å². The van der Waals surface area contributed by atoms with E-state index in [0.717, 1.165) is 12.2 Å². The van der Waals surface area contributed by atoms with Gasteiger partial charge in [0.2, 0.25) is 29.5 Å². The summed E-state index contributed by atoms with van der Waals surface area (Å²) in [6.45, 7) is 5.97. The van der Waals surface area contributed by atoms with Crippen LogP contribution in [0, 0.1) is 12.8 Å². The first-order valence-corrected chi connectivity index (χ1v) is 25.9. The van der Waals surface area contributed by atoms with Crippen LogP contribution in [0.3, 0.4) is 0 Å². The highest BCUT2D eigenvalue weighted by atomic mass is 35.5. The second-order valence-corrected chi connectivity index (χ2v) is 20.8. The van der Waals surface area contributed by atoms with Crippen molar-refractivity contribution in [3.8, 4) is 10.7 Å². The van der Waals surface area contributed by atoms with Crippen molar-refractivity contribution in [2.75, 3.05) is 37.9 Å². The summed E-state index contributed by atoms with van der Waals surface area (Å²) in [7, 11) is 0.298. The molecule has 4 aromatic heterocycles. The molecule has 0 bridgehead atoms. The maximum atomic E-state index is 13.9. The lowest BCUT2D eigenvalue weighted by Gasteiger charge is -2.30. The Morgan fingerprint density at radius 1 is 0.845 bits per heavy atom. The van der Waals surface area contributed by atoms with Gasteiger partial charge in [0.25, 0.3) is 11.8 Å². The number of nitrogens with one attached hydrogen (secondary N) is 7. The highest BCUT2D eigenvalue weighted by Gasteiger charge is 2.37. The quantitative estimate of drug-likeness (QED) is 0.0186. The van der Waals surface area contributed by atoms with Gasteiger partial charge in [-0.25, -0.2) is 24.9 Å². The molecule has 0 fully saturated rings. The molecular formula is C42H62ClN15O10S3. The molecule has 0 saturated carbocycles. The number of imidazole rings is 1. The van der Waals surface area contributed by atoms with Crippen LogP contribution in [0.4, 0.5) is 0 Å². The van der Waals surface area contributed by atoms with Crippen LogP contribution in [0.25, 0.3) is 10.7 Å². The van der Waals surface area contributed by atoms with E-state index in [1.807, 2.05) is 0 Å². The van der Waals surface area contributed by atoms with E-state index in [0.29, 0.717) is 45.3 Å². The van der Waals surface area contributed by atoms with Crippen molar-refractivity contribution >= 4 is 74.9 Å². The standard InChI is InChI=1S/C42H61N15O10S3.ClH/c1-19-13-50-36(24(12-28(44)59)49-14-23(43)35(45)62)55-30(19)40(66)57-32(34(61)25-15-46-18-51-25)41(67)52-21(3)33(60)20(2)37(63)56-31(22(4)58)39(65)48-10-8-29-53-27(17-68-29)42-54-26(16-69-42)38(64)47-9-7-11-70(5)6;/h13,15-18,20-24,31-34,49,58,60-61H,7-12,14,43H2,1-6H3,(H9-,44,45,46,47,48,51,52,56,57,59,62,63,64,65,66,67);1H/t20-,21+,22+,23-,24+,31-,32-,33-,34-;/m0./s1. The van der Waals surface area contributed by atoms with Crippen LogP contribution >= 0.6 is 22.7 Å². The van der Waals surface area contributed by atoms with E-state index in [2.05, 4.69) is 74.3 Å². The molecule has 29 heteroatoms. The lowest BCUT2D eigenvalue weighted by Crippen LogP contribution is -3.00. The summed E-state index contributed by atoms with van der Waals surface area (Å²) in [6, 6.07) is -6.57. The van der Waals surface area contributed by atoms with Crippen molar-refractivity contribution in [1.29, 1.82) is 0 Å². The van der Waals surface area contributed by atoms with Crippen LogP contribution in [0.15, 0.2) is 29.5 Å². The number of carbonyl (C=O) groups excluding carboxylic acids is 7. The average Bonchev–Trinajstić information content (AvgIpc) is 4.13. The number of H-pyrrole nitrogens is 1. The molecule has 4 aromatic rings. The smallest absolute Gasteiger partial charge is 0.271 e. The number of thiazole rings is 2. The normalized spacial score (nSPS) is 15.1. The van der Waals surface area contributed by atoms with Gasteiger partial charge in [-0.15, -0.1) is 22.7 Å². The Labute approximate surface area is 426 Å². The predicted octanol–water partition coefficient (Wildman–Crippen LogP) is -6.03. The van der Waals surface area contributed by atoms with Gasteiger partial charge in [-0.3, -0.25) is 33.6 Å². The van der Waals surface area contributed by atoms with Crippen LogP contribution in [-0.2, 0) is 41.3 Å². The Kier molecular flexibility index (Phi) is 23.8. The molecule has 390 valence electrons. The number of aliphatic hydroxyl groups excluding tert-OH is 3. The monoisotopic (exact) mass is 1070 g/mol. The minimum Gasteiger partial charge on any atom is -1.00 e. The lowest BCUT2D eigenvalue weighted by atomic mass is 9.96. The number of aliphatic hydroxyl groups is 3. The molecule has 7 amide bonds. The third-order valence-corrected chi connectivity index (χ3v) is 13.5. The molecule has 16 N–H and O–H groups in total. The van der Waals surface area contributed by atoms with Gasteiger partial charge >= 0.3 is 0 Å². The average molecular weight is 1070 g/mol. The van der Waals surface area contributed by atoms with Crippen molar-refractivity contribution in [3.05, 3.63) is 63.0 Å². The van der Waals surface area contributed by atoms with E-state index < -0.39 is 89.9 Å². The third-order valence-electron chi connectivity index (χ3n) is 10.6. The van der Waals surface area contributed by atoms with E-state index in [-0.39, 0.29) is 60.6 Å². The minimum atomic E-state index is -1.76. The number of carbonyl (C=O) groups is 7. The number of nitrogens with two attached hydrogens (primary N) is 3. The summed E-state index contributed by atoms with van der Waals surface area (Å²) in [5, 5.41) is 53.6. The molecule has 25 nitrogen and oxygen atoms in total. The largest absolute Gasteiger partial charge is 1.00 e. The van der Waals surface area contributed by atoms with Gasteiger partial charge in [0.05, 0.1) is 72.0 Å². The van der Waals surface area contributed by atoms with Crippen molar-refractivity contribution in [2.24, 2.45) is 23.1 Å². The van der Waals surface area contributed by atoms with Crippen LogP contribution in [-0.4, -0.2) is 161 Å². The van der Waals surface area contributed by atoms with E-state index in [4.69, 9.17) is 17.2 Å². The fraction of sp³-hybridized carbons (Fsp3) is 0.524. The zero-order chi connectivity index (χ0) is 51.8. The summed E-state index contributed by atoms with van der Waals surface area (Å²) in [4.78, 5) is 114. The summed E-state index contributed by atoms with van der Waals surface area (Å²) in [5.41, 5.74) is 17.3. The second-order valence-electron chi connectivity index (χ2n) is 16.6. The number of hydrogen-bond acceptors (Lipinski definition) is 19. The summed E-state index contributed by atoms with van der Waals surface area (Å²) in [6.07, 6.45) is 4.14. The molecule has 71 heavy (non-hydrogen) atoms. The predicted molar refractivity (Wildman–Crippen MR) is 261 cm³/mol. The Balaban J connectivity index is 0.0000133. The Morgan fingerprint density at radius 3 is 2.20 bits per heavy atom. The lowest BCUT2D eigenvalue weighted by molar-refractivity contribution is -0.136. The maximum absolute atomic E-state index is 13.9. The zero-order valence-electron chi connectivity index (χ0n) is 39.8. The Hall–Kier alpha value is -5.72. The molecule has 9 atom stereocenters. The summed E-state index contributed by atoms with van der Waals surface area (Å²) in [5.74, 6) is -5.72. The molecule has 4 heterocycles. The van der Waals surface area contributed by atoms with Crippen molar-refractivity contribution in [3.63, 3.8) is 0 Å². The van der Waals surface area contributed by atoms with Crippen LogP contribution < -0.4 is 61.5 Å². The summed E-state index contributed by atoms with van der Waals surface area (Å²) < 4.78 is 0. The number of rotatable bonds is 28. The first kappa shape index (κ1) is 59.6. The third kappa shape index (κ3) is 17.8. The molecule has 0 unspecified atom stereocenters. The number of halogens is 1. The van der Waals surface area contributed by atoms with Crippen LogP contribution in [0.5, 0.6) is 0 Å². The molecule has 0 radical (unpaired) electrons. The molecule has 0 saturated heterocycles. The van der Waals surface area contributed by atoms with Gasteiger partial charge in [0.15, 0.2) is 0 Å². The van der Waals surface area contributed by atoms with Gasteiger partial charge in [-0.1, -0.05) is 6.92 Å². The van der Waals surface area contributed by atoms with Crippen LogP contribution in [0.1, 0.15) is 88.8 Å². The molecular weight excluding hydrogens is 1010 g/mol. The van der Waals surface area contributed by atoms with Gasteiger partial charge < -0.3 is 81.8 Å². The highest BCUT2D eigenvalue weighted by molar-refractivity contribution is 7.95. The first-order valence-electron chi connectivity index (χ1n) is 21.9. The number of nitrogens with zero attached hydrogens (tertiary/aromatic N) is 5. The highest BCUT2D eigenvalue weighted by Crippen LogP contribution is 2.26. The van der Waals surface area contributed by atoms with E-state index in [1.54, 1.807) is 10.8 Å². The number of aromatic nitrogens is 6. The summed E-state index contributed by atoms with van der Waals surface area (Å²) >= 11 is 2.63. The van der Waals surface area contributed by atoms with Gasteiger partial charge in [-0.05, 0) is 37.2 Å². The number of primary amides is 2. The van der Waals surface area contributed by atoms with E-state index >= 15 is 0 Å². The fourth-order valence-electron chi connectivity index (χ4n) is 6.54. The molecule has 0 aromatic carbocycles. The van der Waals surface area contributed by atoms with Crippen molar-refractivity contribution in [2.45, 2.75) is 95.5 Å². The molecule has 0 aliphatic carbocycles. The number of amides is 7.